The van der Waals surface area contributed by atoms with Crippen molar-refractivity contribution in [1.82, 2.24) is 30.8 Å². The number of likely N-dealkylation sites (tertiary alicyclic amines) is 1. The molecule has 0 aliphatic carbocycles. The number of aromatic nitrogens is 4. The molecule has 0 aromatic carbocycles. The minimum Gasteiger partial charge on any atom is -0.444 e. The van der Waals surface area contributed by atoms with Crippen LogP contribution in [0.25, 0.3) is 0 Å². The van der Waals surface area contributed by atoms with Crippen molar-refractivity contribution < 1.29 is 9.53 Å². The van der Waals surface area contributed by atoms with Crippen molar-refractivity contribution >= 4 is 6.09 Å². The highest BCUT2D eigenvalue weighted by molar-refractivity contribution is 5.69. The van der Waals surface area contributed by atoms with Gasteiger partial charge < -0.3 is 15.0 Å². The van der Waals surface area contributed by atoms with Gasteiger partial charge in [0.15, 0.2) is 5.82 Å². The van der Waals surface area contributed by atoms with Gasteiger partial charge in [0, 0.05) is 19.1 Å². The van der Waals surface area contributed by atoms with Crippen molar-refractivity contribution in [3.05, 3.63) is 5.82 Å². The Bertz CT molecular complexity index is 428. The normalized spacial score (nSPS) is 19.4. The van der Waals surface area contributed by atoms with E-state index in [1.54, 1.807) is 4.90 Å². The number of aromatic amines is 1. The first-order valence-corrected chi connectivity index (χ1v) is 6.88. The molecule has 112 valence electrons. The van der Waals surface area contributed by atoms with Crippen molar-refractivity contribution in [1.29, 1.82) is 0 Å². The molecule has 1 saturated heterocycles. The maximum atomic E-state index is 12.1. The van der Waals surface area contributed by atoms with Crippen LogP contribution in [0.4, 0.5) is 4.79 Å². The Balaban J connectivity index is 1.79. The van der Waals surface area contributed by atoms with Gasteiger partial charge in [-0.05, 0) is 33.6 Å². The molecule has 0 bridgehead atoms. The van der Waals surface area contributed by atoms with Gasteiger partial charge in [-0.25, -0.2) is 4.79 Å². The van der Waals surface area contributed by atoms with E-state index in [-0.39, 0.29) is 12.1 Å². The van der Waals surface area contributed by atoms with Crippen LogP contribution in [0, 0.1) is 0 Å². The fraction of sp³-hybridized carbons (Fsp3) is 0.833. The van der Waals surface area contributed by atoms with Gasteiger partial charge in [0.25, 0.3) is 0 Å². The summed E-state index contributed by atoms with van der Waals surface area (Å²) in [4.78, 5) is 13.9. The summed E-state index contributed by atoms with van der Waals surface area (Å²) in [6.07, 6.45) is 1.76. The zero-order valence-electron chi connectivity index (χ0n) is 12.2. The number of carbonyl (C=O) groups is 1. The molecule has 2 rings (SSSR count). The van der Waals surface area contributed by atoms with Crippen LogP contribution in [-0.4, -0.2) is 56.3 Å². The number of hydrogen-bond acceptors (Lipinski definition) is 6. The molecular weight excluding hydrogens is 260 g/mol. The van der Waals surface area contributed by atoms with Crippen LogP contribution in [0.5, 0.6) is 0 Å². The second-order valence-corrected chi connectivity index (χ2v) is 5.93. The van der Waals surface area contributed by atoms with Crippen LogP contribution in [0.1, 0.15) is 39.4 Å². The van der Waals surface area contributed by atoms with Crippen molar-refractivity contribution in [2.24, 2.45) is 0 Å². The maximum Gasteiger partial charge on any atom is 0.410 e. The second kappa shape index (κ2) is 6.17. The van der Waals surface area contributed by atoms with Gasteiger partial charge >= 0.3 is 6.09 Å². The molecule has 1 unspecified atom stereocenters. The van der Waals surface area contributed by atoms with Gasteiger partial charge in [0.1, 0.15) is 5.60 Å². The standard InChI is InChI=1S/C12H22N6O2/c1-12(2,3)20-11(19)18-6-4-5-9(18)7-13-8-10-14-16-17-15-10/h9,13H,4-8H2,1-3H3,(H,14,15,16,17). The summed E-state index contributed by atoms with van der Waals surface area (Å²) in [5.41, 5.74) is -0.456. The summed E-state index contributed by atoms with van der Waals surface area (Å²) in [6.45, 7) is 7.63. The fourth-order valence-electron chi connectivity index (χ4n) is 2.22. The number of H-pyrrole nitrogens is 1. The largest absolute Gasteiger partial charge is 0.444 e. The van der Waals surface area contributed by atoms with Gasteiger partial charge in [-0.15, -0.1) is 10.2 Å². The molecule has 0 radical (unpaired) electrons. The molecule has 1 aromatic rings. The van der Waals surface area contributed by atoms with Crippen molar-refractivity contribution in [3.63, 3.8) is 0 Å². The third-order valence-corrected chi connectivity index (χ3v) is 3.06. The Hall–Kier alpha value is -1.70. The molecule has 1 aromatic heterocycles. The number of tetrazole rings is 1. The summed E-state index contributed by atoms with van der Waals surface area (Å²) in [6, 6.07) is 0.164. The van der Waals surface area contributed by atoms with Crippen molar-refractivity contribution in [2.75, 3.05) is 13.1 Å². The van der Waals surface area contributed by atoms with Gasteiger partial charge in [0.05, 0.1) is 6.54 Å². The van der Waals surface area contributed by atoms with Crippen LogP contribution in [0.2, 0.25) is 0 Å². The van der Waals surface area contributed by atoms with Gasteiger partial charge in [-0.2, -0.15) is 5.21 Å². The van der Waals surface area contributed by atoms with Crippen LogP contribution in [0.3, 0.4) is 0 Å². The van der Waals surface area contributed by atoms with Crippen molar-refractivity contribution in [3.8, 4) is 0 Å². The van der Waals surface area contributed by atoms with E-state index < -0.39 is 5.60 Å². The number of rotatable bonds is 4. The first-order chi connectivity index (χ1) is 9.46. The molecule has 8 nitrogen and oxygen atoms in total. The molecule has 1 atom stereocenters. The average molecular weight is 282 g/mol. The monoisotopic (exact) mass is 282 g/mol. The summed E-state index contributed by atoms with van der Waals surface area (Å²) in [5.74, 6) is 0.617. The smallest absolute Gasteiger partial charge is 0.410 e. The maximum absolute atomic E-state index is 12.1. The van der Waals surface area contributed by atoms with E-state index in [4.69, 9.17) is 4.74 Å². The first-order valence-electron chi connectivity index (χ1n) is 6.88. The Morgan fingerprint density at radius 2 is 2.35 bits per heavy atom. The molecular formula is C12H22N6O2. The predicted molar refractivity (Wildman–Crippen MR) is 71.8 cm³/mol. The summed E-state index contributed by atoms with van der Waals surface area (Å²) < 4.78 is 5.42. The Labute approximate surface area is 118 Å². The van der Waals surface area contributed by atoms with E-state index >= 15 is 0 Å². The lowest BCUT2D eigenvalue weighted by Crippen LogP contribution is -2.44. The lowest BCUT2D eigenvalue weighted by atomic mass is 10.2. The lowest BCUT2D eigenvalue weighted by molar-refractivity contribution is 0.0226. The van der Waals surface area contributed by atoms with E-state index in [2.05, 4.69) is 25.9 Å². The Kier molecular flexibility index (Phi) is 4.53. The molecule has 0 saturated carbocycles. The molecule has 8 heteroatoms. The van der Waals surface area contributed by atoms with Gasteiger partial charge in [0.2, 0.25) is 0 Å². The van der Waals surface area contributed by atoms with Crippen molar-refractivity contribution in [2.45, 2.75) is 51.8 Å². The number of nitrogens with zero attached hydrogens (tertiary/aromatic N) is 4. The SMILES string of the molecule is CC(C)(C)OC(=O)N1CCCC1CNCc1nn[nH]n1. The number of ether oxygens (including phenoxy) is 1. The van der Waals surface area contributed by atoms with E-state index in [9.17, 15) is 4.79 Å². The molecule has 2 N–H and O–H groups in total. The molecule has 20 heavy (non-hydrogen) atoms. The first kappa shape index (κ1) is 14.7. The molecule has 0 spiro atoms. The fourth-order valence-corrected chi connectivity index (χ4v) is 2.22. The van der Waals surface area contributed by atoms with E-state index in [1.165, 1.54) is 0 Å². The number of carbonyl (C=O) groups excluding carboxylic acids is 1. The third kappa shape index (κ3) is 4.16. The highest BCUT2D eigenvalue weighted by Crippen LogP contribution is 2.20. The highest BCUT2D eigenvalue weighted by Gasteiger charge is 2.31. The molecule has 1 aliphatic rings. The summed E-state index contributed by atoms with van der Waals surface area (Å²) in [5, 5.41) is 16.9. The molecule has 1 aliphatic heterocycles. The van der Waals surface area contributed by atoms with E-state index in [0.29, 0.717) is 18.9 Å². The quantitative estimate of drug-likeness (QED) is 0.843. The van der Waals surface area contributed by atoms with E-state index in [0.717, 1.165) is 19.4 Å². The minimum atomic E-state index is -0.456. The number of hydrogen-bond donors (Lipinski definition) is 2. The predicted octanol–water partition coefficient (Wildman–Crippen LogP) is 0.689. The summed E-state index contributed by atoms with van der Waals surface area (Å²) >= 11 is 0. The van der Waals surface area contributed by atoms with Gasteiger partial charge in [-0.1, -0.05) is 5.21 Å². The molecule has 1 fully saturated rings. The third-order valence-electron chi connectivity index (χ3n) is 3.06. The van der Waals surface area contributed by atoms with Gasteiger partial charge in [-0.3, -0.25) is 0 Å². The van der Waals surface area contributed by atoms with Crippen LogP contribution >= 0.6 is 0 Å². The zero-order valence-corrected chi connectivity index (χ0v) is 12.2. The Morgan fingerprint density at radius 3 is 3.00 bits per heavy atom. The second-order valence-electron chi connectivity index (χ2n) is 5.93. The zero-order chi connectivity index (χ0) is 14.6. The Morgan fingerprint density at radius 1 is 1.55 bits per heavy atom. The number of amides is 1. The topological polar surface area (TPSA) is 96.0 Å². The minimum absolute atomic E-state index is 0.164. The number of nitrogens with one attached hydrogen (secondary N) is 2. The molecule has 2 heterocycles. The average Bonchev–Trinajstić information content (AvgIpc) is 2.97. The molecule has 1 amide bonds. The summed E-state index contributed by atoms with van der Waals surface area (Å²) in [7, 11) is 0. The van der Waals surface area contributed by atoms with E-state index in [1.807, 2.05) is 20.8 Å². The lowest BCUT2D eigenvalue weighted by Gasteiger charge is -2.28. The highest BCUT2D eigenvalue weighted by atomic mass is 16.6. The van der Waals surface area contributed by atoms with Crippen LogP contribution < -0.4 is 5.32 Å². The van der Waals surface area contributed by atoms with Crippen LogP contribution in [-0.2, 0) is 11.3 Å². The van der Waals surface area contributed by atoms with Crippen LogP contribution in [0.15, 0.2) is 0 Å².